The smallest absolute Gasteiger partial charge is 0.142 e. The predicted octanol–water partition coefficient (Wildman–Crippen LogP) is 3.71. The lowest BCUT2D eigenvalue weighted by molar-refractivity contribution is 0.0962. The molecular weight excluding hydrogens is 504 g/mol. The summed E-state index contributed by atoms with van der Waals surface area (Å²) in [5, 5.41) is 21.2. The number of nitrogens with zero attached hydrogens (tertiary/aromatic N) is 4. The van der Waals surface area contributed by atoms with E-state index in [0.29, 0.717) is 0 Å². The molecule has 2 N–H and O–H groups in total. The average molecular weight is 555 g/mol. The second kappa shape index (κ2) is 16.1. The largest absolute Gasteiger partial charge is 0.495 e. The summed E-state index contributed by atoms with van der Waals surface area (Å²) in [6.07, 6.45) is 5.49. The topological polar surface area (TPSA) is 71.9 Å². The first kappa shape index (κ1) is 30.4. The SMILES string of the molecule is COc1ccccc1N1CCN(CC(O)CCCCCCC(O)CN2CCN(c3ccccc3OC)CC2)CC1. The van der Waals surface area contributed by atoms with Crippen LogP contribution in [-0.2, 0) is 0 Å². The molecule has 8 heteroatoms. The fourth-order valence-corrected chi connectivity index (χ4v) is 6.02. The fraction of sp³-hybridized carbons (Fsp3) is 0.625. The Kier molecular flexibility index (Phi) is 12.2. The molecule has 2 aliphatic rings. The van der Waals surface area contributed by atoms with Crippen LogP contribution >= 0.6 is 0 Å². The monoisotopic (exact) mass is 554 g/mol. The van der Waals surface area contributed by atoms with Crippen molar-refractivity contribution in [3.8, 4) is 11.5 Å². The normalized spacial score (nSPS) is 18.5. The summed E-state index contributed by atoms with van der Waals surface area (Å²) in [6.45, 7) is 9.15. The van der Waals surface area contributed by atoms with Gasteiger partial charge in [-0.1, -0.05) is 49.9 Å². The molecular formula is C32H50N4O4. The average Bonchev–Trinajstić information content (AvgIpc) is 2.99. The molecule has 2 heterocycles. The van der Waals surface area contributed by atoms with Gasteiger partial charge in [0.2, 0.25) is 0 Å². The number of hydrogen-bond acceptors (Lipinski definition) is 8. The molecule has 4 rings (SSSR count). The van der Waals surface area contributed by atoms with Gasteiger partial charge in [0.1, 0.15) is 11.5 Å². The minimum atomic E-state index is -0.266. The first-order valence-corrected chi connectivity index (χ1v) is 15.1. The number of piperazine rings is 2. The van der Waals surface area contributed by atoms with Crippen LogP contribution in [0.2, 0.25) is 0 Å². The minimum Gasteiger partial charge on any atom is -0.495 e. The number of methoxy groups -OCH3 is 2. The molecule has 2 aliphatic heterocycles. The molecule has 2 atom stereocenters. The first-order valence-electron chi connectivity index (χ1n) is 15.1. The number of unbranched alkanes of at least 4 members (excludes halogenated alkanes) is 3. The van der Waals surface area contributed by atoms with Crippen LogP contribution in [0.15, 0.2) is 48.5 Å². The molecule has 0 bridgehead atoms. The molecule has 2 aromatic carbocycles. The zero-order chi connectivity index (χ0) is 28.2. The molecule has 40 heavy (non-hydrogen) atoms. The van der Waals surface area contributed by atoms with Crippen molar-refractivity contribution in [2.45, 2.75) is 50.7 Å². The molecule has 0 aromatic heterocycles. The van der Waals surface area contributed by atoms with E-state index in [4.69, 9.17) is 9.47 Å². The van der Waals surface area contributed by atoms with E-state index < -0.39 is 0 Å². The van der Waals surface area contributed by atoms with Crippen molar-refractivity contribution in [3.63, 3.8) is 0 Å². The fourth-order valence-electron chi connectivity index (χ4n) is 6.02. The summed E-state index contributed by atoms with van der Waals surface area (Å²) in [5.74, 6) is 1.85. The second-order valence-corrected chi connectivity index (χ2v) is 11.2. The third-order valence-corrected chi connectivity index (χ3v) is 8.36. The van der Waals surface area contributed by atoms with E-state index in [-0.39, 0.29) is 12.2 Å². The standard InChI is InChI=1S/C32H50N4O4/c1-39-31-15-9-7-13-29(31)35-21-17-33(18-22-35)25-27(37)11-5-3-4-6-12-28(38)26-34-19-23-36(24-20-34)30-14-8-10-16-32(30)40-2/h7-10,13-16,27-28,37-38H,3-6,11-12,17-26H2,1-2H3. The third kappa shape index (κ3) is 8.99. The van der Waals surface area contributed by atoms with Gasteiger partial charge in [0.05, 0.1) is 37.8 Å². The first-order chi connectivity index (χ1) is 19.6. The van der Waals surface area contributed by atoms with Gasteiger partial charge in [0.25, 0.3) is 0 Å². The summed E-state index contributed by atoms with van der Waals surface area (Å²) in [5.41, 5.74) is 2.31. The van der Waals surface area contributed by atoms with E-state index in [1.165, 1.54) is 0 Å². The predicted molar refractivity (Wildman–Crippen MR) is 163 cm³/mol. The summed E-state index contributed by atoms with van der Waals surface area (Å²) in [7, 11) is 3.45. The van der Waals surface area contributed by atoms with Crippen LogP contribution in [0.25, 0.3) is 0 Å². The van der Waals surface area contributed by atoms with Crippen molar-refractivity contribution in [2.24, 2.45) is 0 Å². The molecule has 0 amide bonds. The van der Waals surface area contributed by atoms with Gasteiger partial charge in [-0.15, -0.1) is 0 Å². The molecule has 8 nitrogen and oxygen atoms in total. The highest BCUT2D eigenvalue weighted by atomic mass is 16.5. The maximum atomic E-state index is 10.6. The van der Waals surface area contributed by atoms with Gasteiger partial charge in [0.15, 0.2) is 0 Å². The zero-order valence-corrected chi connectivity index (χ0v) is 24.6. The molecule has 2 fully saturated rings. The number of hydrogen-bond donors (Lipinski definition) is 2. The Morgan fingerprint density at radius 2 is 0.950 bits per heavy atom. The van der Waals surface area contributed by atoms with Crippen LogP contribution in [0.3, 0.4) is 0 Å². The van der Waals surface area contributed by atoms with E-state index in [1.54, 1.807) is 14.2 Å². The zero-order valence-electron chi connectivity index (χ0n) is 24.6. The summed E-state index contributed by atoms with van der Waals surface area (Å²) >= 11 is 0. The van der Waals surface area contributed by atoms with Gasteiger partial charge in [-0.25, -0.2) is 0 Å². The van der Waals surface area contributed by atoms with Crippen LogP contribution in [0.1, 0.15) is 38.5 Å². The highest BCUT2D eigenvalue weighted by Crippen LogP contribution is 2.29. The van der Waals surface area contributed by atoms with Crippen LogP contribution < -0.4 is 19.3 Å². The van der Waals surface area contributed by atoms with Crippen molar-refractivity contribution in [3.05, 3.63) is 48.5 Å². The maximum Gasteiger partial charge on any atom is 0.142 e. The Labute approximate surface area is 241 Å². The number of anilines is 2. The minimum absolute atomic E-state index is 0.266. The van der Waals surface area contributed by atoms with Crippen molar-refractivity contribution in [1.29, 1.82) is 0 Å². The number of ether oxygens (including phenoxy) is 2. The van der Waals surface area contributed by atoms with Crippen molar-refractivity contribution in [1.82, 2.24) is 9.80 Å². The van der Waals surface area contributed by atoms with Crippen LogP contribution in [-0.4, -0.2) is 112 Å². The summed E-state index contributed by atoms with van der Waals surface area (Å²) in [6, 6.07) is 16.4. The van der Waals surface area contributed by atoms with Crippen LogP contribution in [0, 0.1) is 0 Å². The van der Waals surface area contributed by atoms with E-state index in [2.05, 4.69) is 43.9 Å². The number of rotatable bonds is 15. The van der Waals surface area contributed by atoms with Gasteiger partial charge < -0.3 is 29.5 Å². The number of aliphatic hydroxyl groups is 2. The lowest BCUT2D eigenvalue weighted by Crippen LogP contribution is -2.48. The highest BCUT2D eigenvalue weighted by Gasteiger charge is 2.22. The Bertz CT molecular complexity index is 913. The molecule has 0 spiro atoms. The van der Waals surface area contributed by atoms with Crippen LogP contribution in [0.4, 0.5) is 11.4 Å². The van der Waals surface area contributed by atoms with Crippen molar-refractivity contribution in [2.75, 3.05) is 89.5 Å². The Hall–Kier alpha value is -2.52. The van der Waals surface area contributed by atoms with Gasteiger partial charge in [0, 0.05) is 65.4 Å². The van der Waals surface area contributed by atoms with E-state index >= 15 is 0 Å². The molecule has 0 saturated carbocycles. The van der Waals surface area contributed by atoms with E-state index in [9.17, 15) is 10.2 Å². The lowest BCUT2D eigenvalue weighted by Gasteiger charge is -2.37. The van der Waals surface area contributed by atoms with Gasteiger partial charge in [-0.3, -0.25) is 9.80 Å². The highest BCUT2D eigenvalue weighted by molar-refractivity contribution is 5.59. The lowest BCUT2D eigenvalue weighted by atomic mass is 10.0. The number of aliphatic hydroxyl groups excluding tert-OH is 2. The van der Waals surface area contributed by atoms with E-state index in [1.807, 2.05) is 24.3 Å². The molecule has 222 valence electrons. The van der Waals surface area contributed by atoms with E-state index in [0.717, 1.165) is 127 Å². The van der Waals surface area contributed by atoms with Gasteiger partial charge >= 0.3 is 0 Å². The second-order valence-electron chi connectivity index (χ2n) is 11.2. The molecule has 2 saturated heterocycles. The summed E-state index contributed by atoms with van der Waals surface area (Å²) < 4.78 is 11.0. The van der Waals surface area contributed by atoms with Crippen molar-refractivity contribution >= 4 is 11.4 Å². The Balaban J connectivity index is 1.02. The Morgan fingerprint density at radius 3 is 1.32 bits per heavy atom. The van der Waals surface area contributed by atoms with Crippen LogP contribution in [0.5, 0.6) is 11.5 Å². The quantitative estimate of drug-likeness (QED) is 0.323. The Morgan fingerprint density at radius 1 is 0.575 bits per heavy atom. The number of benzene rings is 2. The van der Waals surface area contributed by atoms with Gasteiger partial charge in [-0.05, 0) is 37.1 Å². The number of β-amino-alcohol motifs (C(OH)–C–C–N with tert-alkyl or cyclic N) is 2. The molecule has 0 radical (unpaired) electrons. The third-order valence-electron chi connectivity index (χ3n) is 8.36. The number of para-hydroxylation sites is 4. The maximum absolute atomic E-state index is 10.6. The molecule has 2 aromatic rings. The summed E-state index contributed by atoms with van der Waals surface area (Å²) in [4.78, 5) is 9.50. The van der Waals surface area contributed by atoms with Gasteiger partial charge in [-0.2, -0.15) is 0 Å². The molecule has 0 aliphatic carbocycles. The van der Waals surface area contributed by atoms with Crippen molar-refractivity contribution < 1.29 is 19.7 Å². The molecule has 2 unspecified atom stereocenters.